The van der Waals surface area contributed by atoms with Gasteiger partial charge in [-0.15, -0.1) is 0 Å². The van der Waals surface area contributed by atoms with Crippen molar-refractivity contribution in [1.29, 1.82) is 0 Å². The fourth-order valence-electron chi connectivity index (χ4n) is 2.83. The van der Waals surface area contributed by atoms with Crippen molar-refractivity contribution in [3.63, 3.8) is 0 Å². The summed E-state index contributed by atoms with van der Waals surface area (Å²) in [6.07, 6.45) is 8.39. The summed E-state index contributed by atoms with van der Waals surface area (Å²) in [5, 5.41) is 10.1. The van der Waals surface area contributed by atoms with Crippen LogP contribution in [0.5, 0.6) is 0 Å². The summed E-state index contributed by atoms with van der Waals surface area (Å²) < 4.78 is 1.89. The number of benzene rings is 1. The molecule has 1 fully saturated rings. The number of hydrogen-bond acceptors (Lipinski definition) is 2. The van der Waals surface area contributed by atoms with Crippen molar-refractivity contribution in [3.8, 4) is 0 Å². The van der Waals surface area contributed by atoms with Crippen molar-refractivity contribution in [2.24, 2.45) is 0 Å². The van der Waals surface area contributed by atoms with Gasteiger partial charge in [-0.3, -0.25) is 4.68 Å². The summed E-state index contributed by atoms with van der Waals surface area (Å²) in [7, 11) is 0. The molecule has 2 amide bonds. The first-order valence-electron chi connectivity index (χ1n) is 7.89. The predicted octanol–water partition coefficient (Wildman–Crippen LogP) is 2.67. The van der Waals surface area contributed by atoms with Gasteiger partial charge in [0.05, 0.1) is 6.54 Å². The van der Waals surface area contributed by atoms with Gasteiger partial charge in [-0.1, -0.05) is 37.1 Å². The van der Waals surface area contributed by atoms with E-state index in [-0.39, 0.29) is 6.03 Å². The van der Waals surface area contributed by atoms with Crippen molar-refractivity contribution >= 4 is 6.03 Å². The Balaban J connectivity index is 1.45. The highest BCUT2D eigenvalue weighted by atomic mass is 16.2. The fraction of sp³-hybridized carbons (Fsp3) is 0.412. The van der Waals surface area contributed by atoms with Crippen LogP contribution in [0.3, 0.4) is 0 Å². The van der Waals surface area contributed by atoms with E-state index in [0.29, 0.717) is 12.6 Å². The lowest BCUT2D eigenvalue weighted by atomic mass is 10.1. The zero-order chi connectivity index (χ0) is 15.2. The molecule has 1 aromatic heterocycles. The van der Waals surface area contributed by atoms with Crippen molar-refractivity contribution in [2.45, 2.75) is 44.8 Å². The molecule has 0 saturated heterocycles. The third kappa shape index (κ3) is 4.10. The number of nitrogens with one attached hydrogen (secondary N) is 2. The largest absolute Gasteiger partial charge is 0.335 e. The number of carbonyl (C=O) groups excluding carboxylic acids is 1. The average Bonchev–Trinajstić information content (AvgIpc) is 3.20. The molecule has 0 radical (unpaired) electrons. The number of amides is 2. The molecule has 2 aromatic rings. The van der Waals surface area contributed by atoms with E-state index in [1.165, 1.54) is 18.4 Å². The van der Waals surface area contributed by atoms with E-state index in [1.54, 1.807) is 6.20 Å². The van der Waals surface area contributed by atoms with Crippen LogP contribution in [0, 0.1) is 0 Å². The normalized spacial score (nSPS) is 14.9. The van der Waals surface area contributed by atoms with Crippen LogP contribution in [0.25, 0.3) is 0 Å². The second-order valence-corrected chi connectivity index (χ2v) is 5.83. The van der Waals surface area contributed by atoms with Gasteiger partial charge in [-0.25, -0.2) is 4.79 Å². The molecule has 2 N–H and O–H groups in total. The Bertz CT molecular complexity index is 586. The lowest BCUT2D eigenvalue weighted by molar-refractivity contribution is 0.236. The summed E-state index contributed by atoms with van der Waals surface area (Å²) >= 11 is 0. The van der Waals surface area contributed by atoms with E-state index >= 15 is 0 Å². The molecule has 1 aliphatic carbocycles. The van der Waals surface area contributed by atoms with Gasteiger partial charge in [0.2, 0.25) is 0 Å². The molecule has 0 aliphatic heterocycles. The Hall–Kier alpha value is -2.30. The minimum absolute atomic E-state index is 0.0625. The second-order valence-electron chi connectivity index (χ2n) is 5.83. The number of rotatable bonds is 5. The Morgan fingerprint density at radius 3 is 2.59 bits per heavy atom. The van der Waals surface area contributed by atoms with Gasteiger partial charge in [0.25, 0.3) is 0 Å². The molecule has 0 atom stereocenters. The van der Waals surface area contributed by atoms with Crippen molar-refractivity contribution in [3.05, 3.63) is 53.9 Å². The van der Waals surface area contributed by atoms with E-state index in [9.17, 15) is 4.79 Å². The van der Waals surface area contributed by atoms with Crippen molar-refractivity contribution < 1.29 is 4.79 Å². The Kier molecular flexibility index (Phi) is 4.73. The van der Waals surface area contributed by atoms with Gasteiger partial charge in [0.15, 0.2) is 0 Å². The Morgan fingerprint density at radius 1 is 1.18 bits per heavy atom. The van der Waals surface area contributed by atoms with E-state index in [1.807, 2.05) is 16.9 Å². The zero-order valence-electron chi connectivity index (χ0n) is 12.7. The third-order valence-corrected chi connectivity index (χ3v) is 4.07. The van der Waals surface area contributed by atoms with Gasteiger partial charge in [-0.05, 0) is 30.0 Å². The highest BCUT2D eigenvalue weighted by molar-refractivity contribution is 5.74. The average molecular weight is 298 g/mol. The van der Waals surface area contributed by atoms with E-state index in [4.69, 9.17) is 0 Å². The van der Waals surface area contributed by atoms with Crippen LogP contribution in [0.4, 0.5) is 4.79 Å². The van der Waals surface area contributed by atoms with Crippen LogP contribution < -0.4 is 10.6 Å². The highest BCUT2D eigenvalue weighted by Crippen LogP contribution is 2.17. The van der Waals surface area contributed by atoms with Crippen LogP contribution in [0.1, 0.15) is 36.8 Å². The van der Waals surface area contributed by atoms with Crippen LogP contribution in [0.2, 0.25) is 0 Å². The third-order valence-electron chi connectivity index (χ3n) is 4.07. The van der Waals surface area contributed by atoms with Crippen LogP contribution in [-0.2, 0) is 13.1 Å². The lowest BCUT2D eigenvalue weighted by Gasteiger charge is -2.13. The second kappa shape index (κ2) is 7.11. The summed E-state index contributed by atoms with van der Waals surface area (Å²) in [5.41, 5.74) is 2.30. The summed E-state index contributed by atoms with van der Waals surface area (Å²) in [5.74, 6) is 0. The molecule has 116 valence electrons. The maximum Gasteiger partial charge on any atom is 0.315 e. The smallest absolute Gasteiger partial charge is 0.315 e. The highest BCUT2D eigenvalue weighted by Gasteiger charge is 2.16. The summed E-state index contributed by atoms with van der Waals surface area (Å²) in [6.45, 7) is 1.32. The molecule has 3 rings (SSSR count). The maximum absolute atomic E-state index is 11.8. The first kappa shape index (κ1) is 14.6. The first-order chi connectivity index (χ1) is 10.8. The number of hydrogen-bond donors (Lipinski definition) is 2. The quantitative estimate of drug-likeness (QED) is 0.891. The molecular formula is C17H22N4O. The predicted molar refractivity (Wildman–Crippen MR) is 85.4 cm³/mol. The van der Waals surface area contributed by atoms with E-state index in [2.05, 4.69) is 40.0 Å². The monoisotopic (exact) mass is 298 g/mol. The molecule has 1 aliphatic rings. The first-order valence-corrected chi connectivity index (χ1v) is 7.89. The van der Waals surface area contributed by atoms with Crippen LogP contribution in [-0.4, -0.2) is 21.9 Å². The van der Waals surface area contributed by atoms with Gasteiger partial charge in [0.1, 0.15) is 0 Å². The maximum atomic E-state index is 11.8. The molecule has 0 spiro atoms. The van der Waals surface area contributed by atoms with Crippen molar-refractivity contribution in [2.75, 3.05) is 0 Å². The molecule has 5 nitrogen and oxygen atoms in total. The molecular weight excluding hydrogens is 276 g/mol. The van der Waals surface area contributed by atoms with Gasteiger partial charge in [-0.2, -0.15) is 5.10 Å². The number of aromatic nitrogens is 2. The number of carbonyl (C=O) groups is 1. The van der Waals surface area contributed by atoms with Gasteiger partial charge < -0.3 is 10.6 Å². The summed E-state index contributed by atoms with van der Waals surface area (Å²) in [6, 6.07) is 10.5. The molecule has 0 unspecified atom stereocenters. The van der Waals surface area contributed by atoms with E-state index < -0.39 is 0 Å². The molecule has 0 bridgehead atoms. The number of urea groups is 1. The minimum Gasteiger partial charge on any atom is -0.335 e. The Morgan fingerprint density at radius 2 is 1.91 bits per heavy atom. The Labute approximate surface area is 130 Å². The topological polar surface area (TPSA) is 59.0 Å². The molecule has 1 aromatic carbocycles. The van der Waals surface area contributed by atoms with Crippen molar-refractivity contribution in [1.82, 2.24) is 20.4 Å². The minimum atomic E-state index is -0.0625. The molecule has 5 heteroatoms. The molecule has 22 heavy (non-hydrogen) atoms. The zero-order valence-corrected chi connectivity index (χ0v) is 12.7. The molecule has 1 saturated carbocycles. The van der Waals surface area contributed by atoms with E-state index in [0.717, 1.165) is 24.9 Å². The number of nitrogens with zero attached hydrogens (tertiary/aromatic N) is 2. The van der Waals surface area contributed by atoms with Gasteiger partial charge in [0, 0.05) is 25.0 Å². The van der Waals surface area contributed by atoms with Gasteiger partial charge >= 0.3 is 6.03 Å². The van der Waals surface area contributed by atoms with Crippen LogP contribution >= 0.6 is 0 Å². The summed E-state index contributed by atoms with van der Waals surface area (Å²) in [4.78, 5) is 11.8. The fourth-order valence-corrected chi connectivity index (χ4v) is 2.83. The van der Waals surface area contributed by atoms with Crippen LogP contribution in [0.15, 0.2) is 42.7 Å². The lowest BCUT2D eigenvalue weighted by Crippen LogP contribution is -2.40. The SMILES string of the molecule is O=C(NCc1ccc(Cn2cccn2)cc1)NC1CCCC1. The molecule has 1 heterocycles. The standard InChI is InChI=1S/C17H22N4O/c22-17(20-16-4-1-2-5-16)18-12-14-6-8-15(9-7-14)13-21-11-3-10-19-21/h3,6-11,16H,1-2,4-5,12-13H2,(H2,18,20,22).